The van der Waals surface area contributed by atoms with Gasteiger partial charge in [0, 0.05) is 25.2 Å². The molecule has 0 bridgehead atoms. The molecule has 1 aromatic carbocycles. The van der Waals surface area contributed by atoms with Gasteiger partial charge in [0.1, 0.15) is 5.82 Å². The quantitative estimate of drug-likeness (QED) is 0.882. The van der Waals surface area contributed by atoms with Gasteiger partial charge >= 0.3 is 0 Å². The van der Waals surface area contributed by atoms with Crippen molar-refractivity contribution < 1.29 is 14.3 Å². The standard InChI is InChI=1S/C15H21FN2O2/c1-17(9-12-5-2-3-7-14(12)16)15(20)10-18-8-4-6-13(18)11-19/h2-3,5,7,13,19H,4,6,8-11H2,1H3. The van der Waals surface area contributed by atoms with Crippen LogP contribution in [0, 0.1) is 5.82 Å². The van der Waals surface area contributed by atoms with Crippen LogP contribution in [0.1, 0.15) is 18.4 Å². The lowest BCUT2D eigenvalue weighted by Crippen LogP contribution is -2.41. The number of likely N-dealkylation sites (N-methyl/N-ethyl adjacent to an activating group) is 1. The van der Waals surface area contributed by atoms with Crippen LogP contribution in [0.4, 0.5) is 4.39 Å². The Labute approximate surface area is 118 Å². The number of hydrogen-bond donors (Lipinski definition) is 1. The SMILES string of the molecule is CN(Cc1ccccc1F)C(=O)CN1CCCC1CO. The Hall–Kier alpha value is -1.46. The summed E-state index contributed by atoms with van der Waals surface area (Å²) in [5.74, 6) is -0.338. The lowest BCUT2D eigenvalue weighted by Gasteiger charge is -2.25. The molecule has 2 rings (SSSR count). The Morgan fingerprint density at radius 1 is 1.50 bits per heavy atom. The molecule has 0 radical (unpaired) electrons. The maximum absolute atomic E-state index is 13.6. The highest BCUT2D eigenvalue weighted by atomic mass is 19.1. The average molecular weight is 280 g/mol. The Morgan fingerprint density at radius 2 is 2.25 bits per heavy atom. The van der Waals surface area contributed by atoms with E-state index in [-0.39, 0.29) is 37.5 Å². The fourth-order valence-electron chi connectivity index (χ4n) is 2.57. The molecule has 0 aromatic heterocycles. The summed E-state index contributed by atoms with van der Waals surface area (Å²) in [4.78, 5) is 15.7. The van der Waals surface area contributed by atoms with Crippen LogP contribution < -0.4 is 0 Å². The number of likely N-dealkylation sites (tertiary alicyclic amines) is 1. The highest BCUT2D eigenvalue weighted by molar-refractivity contribution is 5.78. The second kappa shape index (κ2) is 6.81. The zero-order chi connectivity index (χ0) is 14.5. The van der Waals surface area contributed by atoms with Crippen LogP contribution in [-0.2, 0) is 11.3 Å². The first-order valence-corrected chi connectivity index (χ1v) is 6.94. The smallest absolute Gasteiger partial charge is 0.236 e. The van der Waals surface area contributed by atoms with E-state index < -0.39 is 0 Å². The van der Waals surface area contributed by atoms with E-state index in [4.69, 9.17) is 0 Å². The van der Waals surface area contributed by atoms with Gasteiger partial charge in [0.05, 0.1) is 13.2 Å². The van der Waals surface area contributed by atoms with Gasteiger partial charge in [-0.2, -0.15) is 0 Å². The largest absolute Gasteiger partial charge is 0.395 e. The summed E-state index contributed by atoms with van der Waals surface area (Å²) in [5, 5.41) is 9.24. The van der Waals surface area contributed by atoms with Gasteiger partial charge < -0.3 is 10.0 Å². The number of rotatable bonds is 5. The minimum absolute atomic E-state index is 0.0476. The van der Waals surface area contributed by atoms with E-state index in [2.05, 4.69) is 0 Å². The maximum atomic E-state index is 13.6. The van der Waals surface area contributed by atoms with Crippen LogP contribution in [0.25, 0.3) is 0 Å². The van der Waals surface area contributed by atoms with Crippen molar-refractivity contribution in [2.24, 2.45) is 0 Å². The normalized spacial score (nSPS) is 19.2. The third-order valence-electron chi connectivity index (χ3n) is 3.84. The number of carbonyl (C=O) groups is 1. The molecule has 0 spiro atoms. The van der Waals surface area contributed by atoms with Crippen molar-refractivity contribution in [3.05, 3.63) is 35.6 Å². The second-order valence-corrected chi connectivity index (χ2v) is 5.29. The second-order valence-electron chi connectivity index (χ2n) is 5.29. The van der Waals surface area contributed by atoms with Crippen molar-refractivity contribution >= 4 is 5.91 Å². The minimum atomic E-state index is -0.290. The van der Waals surface area contributed by atoms with Crippen molar-refractivity contribution in [2.45, 2.75) is 25.4 Å². The molecule has 1 amide bonds. The molecule has 1 aliphatic rings. The zero-order valence-corrected chi connectivity index (χ0v) is 11.8. The molecule has 0 aliphatic carbocycles. The summed E-state index contributed by atoms with van der Waals surface area (Å²) in [6, 6.07) is 6.57. The molecule has 0 saturated carbocycles. The van der Waals surface area contributed by atoms with E-state index >= 15 is 0 Å². The molecule has 1 aliphatic heterocycles. The molecule has 1 aromatic rings. The Bertz CT molecular complexity index is 467. The van der Waals surface area contributed by atoms with Crippen LogP contribution >= 0.6 is 0 Å². The van der Waals surface area contributed by atoms with Crippen molar-refractivity contribution in [1.82, 2.24) is 9.80 Å². The number of aliphatic hydroxyl groups excluding tert-OH is 1. The van der Waals surface area contributed by atoms with Crippen LogP contribution in [0.2, 0.25) is 0 Å². The molecular formula is C15H21FN2O2. The van der Waals surface area contributed by atoms with E-state index in [1.54, 1.807) is 25.2 Å². The first-order valence-electron chi connectivity index (χ1n) is 6.94. The predicted octanol–water partition coefficient (Wildman–Crippen LogP) is 1.24. The summed E-state index contributed by atoms with van der Waals surface area (Å²) in [6.07, 6.45) is 1.94. The summed E-state index contributed by atoms with van der Waals surface area (Å²) < 4.78 is 13.6. The van der Waals surface area contributed by atoms with Crippen LogP contribution in [0.3, 0.4) is 0 Å². The number of benzene rings is 1. The van der Waals surface area contributed by atoms with Gasteiger partial charge in [-0.1, -0.05) is 18.2 Å². The average Bonchev–Trinajstić information content (AvgIpc) is 2.88. The number of nitrogens with zero attached hydrogens (tertiary/aromatic N) is 2. The van der Waals surface area contributed by atoms with Crippen molar-refractivity contribution in [3.63, 3.8) is 0 Å². The molecule has 5 heteroatoms. The highest BCUT2D eigenvalue weighted by Crippen LogP contribution is 2.16. The number of halogens is 1. The molecule has 1 fully saturated rings. The summed E-state index contributed by atoms with van der Waals surface area (Å²) in [6.45, 7) is 1.48. The third-order valence-corrected chi connectivity index (χ3v) is 3.84. The molecule has 4 nitrogen and oxygen atoms in total. The lowest BCUT2D eigenvalue weighted by molar-refractivity contribution is -0.132. The van der Waals surface area contributed by atoms with Crippen molar-refractivity contribution in [1.29, 1.82) is 0 Å². The molecular weight excluding hydrogens is 259 g/mol. The van der Waals surface area contributed by atoms with E-state index in [9.17, 15) is 14.3 Å². The van der Waals surface area contributed by atoms with Crippen LogP contribution in [-0.4, -0.2) is 53.6 Å². The fraction of sp³-hybridized carbons (Fsp3) is 0.533. The number of aliphatic hydroxyl groups is 1. The van der Waals surface area contributed by atoms with E-state index in [0.717, 1.165) is 19.4 Å². The van der Waals surface area contributed by atoms with Crippen molar-refractivity contribution in [3.8, 4) is 0 Å². The fourth-order valence-corrected chi connectivity index (χ4v) is 2.57. The third kappa shape index (κ3) is 3.55. The molecule has 1 saturated heterocycles. The van der Waals surface area contributed by atoms with Crippen LogP contribution in [0.15, 0.2) is 24.3 Å². The molecule has 20 heavy (non-hydrogen) atoms. The molecule has 110 valence electrons. The Balaban J connectivity index is 1.91. The van der Waals surface area contributed by atoms with E-state index in [1.807, 2.05) is 4.90 Å². The summed E-state index contributed by atoms with van der Waals surface area (Å²) >= 11 is 0. The first kappa shape index (κ1) is 14.9. The van der Waals surface area contributed by atoms with Gasteiger partial charge in [0.2, 0.25) is 5.91 Å². The molecule has 1 atom stereocenters. The van der Waals surface area contributed by atoms with E-state index in [1.165, 1.54) is 11.0 Å². The Morgan fingerprint density at radius 3 is 2.95 bits per heavy atom. The van der Waals surface area contributed by atoms with Crippen molar-refractivity contribution in [2.75, 3.05) is 26.7 Å². The number of hydrogen-bond acceptors (Lipinski definition) is 3. The Kier molecular flexibility index (Phi) is 5.09. The van der Waals surface area contributed by atoms with Crippen LogP contribution in [0.5, 0.6) is 0 Å². The number of amides is 1. The lowest BCUT2D eigenvalue weighted by atomic mass is 10.2. The highest BCUT2D eigenvalue weighted by Gasteiger charge is 2.26. The van der Waals surface area contributed by atoms with Gasteiger partial charge in [-0.15, -0.1) is 0 Å². The van der Waals surface area contributed by atoms with Gasteiger partial charge in [-0.05, 0) is 25.5 Å². The monoisotopic (exact) mass is 280 g/mol. The molecule has 1 N–H and O–H groups in total. The first-order chi connectivity index (χ1) is 9.61. The molecule has 1 unspecified atom stereocenters. The van der Waals surface area contributed by atoms with E-state index in [0.29, 0.717) is 5.56 Å². The predicted molar refractivity (Wildman–Crippen MR) is 74.6 cm³/mol. The minimum Gasteiger partial charge on any atom is -0.395 e. The molecule has 1 heterocycles. The van der Waals surface area contributed by atoms with Gasteiger partial charge in [-0.3, -0.25) is 9.69 Å². The zero-order valence-electron chi connectivity index (χ0n) is 11.8. The van der Waals surface area contributed by atoms with Gasteiger partial charge in [-0.25, -0.2) is 4.39 Å². The summed E-state index contributed by atoms with van der Waals surface area (Å²) in [7, 11) is 1.68. The van der Waals surface area contributed by atoms with Gasteiger partial charge in [0.25, 0.3) is 0 Å². The summed E-state index contributed by atoms with van der Waals surface area (Å²) in [5.41, 5.74) is 0.517. The number of carbonyl (C=O) groups excluding carboxylic acids is 1. The maximum Gasteiger partial charge on any atom is 0.236 e. The topological polar surface area (TPSA) is 43.8 Å². The van der Waals surface area contributed by atoms with Gasteiger partial charge in [0.15, 0.2) is 0 Å².